The smallest absolute Gasteiger partial charge is 0.419 e. The van der Waals surface area contributed by atoms with Crippen molar-refractivity contribution in [1.29, 1.82) is 0 Å². The highest BCUT2D eigenvalue weighted by Gasteiger charge is 2.33. The normalized spacial score (nSPS) is 11.1. The average molecular weight is 409 g/mol. The maximum Gasteiger partial charge on any atom is 0.419 e. The Morgan fingerprint density at radius 3 is 2.68 bits per heavy atom. The number of amides is 1. The number of ether oxygens (including phenoxy) is 1. The standard InChI is InChI=1S/C17H14F3N5O2S/c18-17(19,20)12-3-1-2-4-13(12)27-8-7-21-14-6-5-11(9-22-14)15(26)24-16-25-23-10-28-16/h1-6,9-10H,7-8H2,(H,21,22)(H,24,25,26). The summed E-state index contributed by atoms with van der Waals surface area (Å²) in [5.74, 6) is -0.142. The number of hydrogen-bond donors (Lipinski definition) is 2. The Labute approximate surface area is 161 Å². The molecule has 0 saturated heterocycles. The van der Waals surface area contributed by atoms with Crippen LogP contribution in [0.4, 0.5) is 24.1 Å². The summed E-state index contributed by atoms with van der Waals surface area (Å²) in [4.78, 5) is 16.1. The zero-order valence-corrected chi connectivity index (χ0v) is 15.0. The van der Waals surface area contributed by atoms with Gasteiger partial charge < -0.3 is 10.1 Å². The maximum absolute atomic E-state index is 12.9. The van der Waals surface area contributed by atoms with E-state index >= 15 is 0 Å². The highest BCUT2D eigenvalue weighted by molar-refractivity contribution is 7.13. The van der Waals surface area contributed by atoms with Crippen molar-refractivity contribution in [3.63, 3.8) is 0 Å². The number of nitrogens with zero attached hydrogens (tertiary/aromatic N) is 3. The number of carbonyl (C=O) groups is 1. The number of anilines is 2. The second kappa shape index (κ2) is 8.65. The number of nitrogens with one attached hydrogen (secondary N) is 2. The zero-order chi connectivity index (χ0) is 20.0. The van der Waals surface area contributed by atoms with Gasteiger partial charge in [-0.1, -0.05) is 23.5 Å². The van der Waals surface area contributed by atoms with E-state index in [0.29, 0.717) is 16.5 Å². The lowest BCUT2D eigenvalue weighted by Gasteiger charge is -2.14. The van der Waals surface area contributed by atoms with E-state index in [0.717, 1.165) is 6.07 Å². The molecule has 7 nitrogen and oxygen atoms in total. The number of benzene rings is 1. The third kappa shape index (κ3) is 5.16. The SMILES string of the molecule is O=C(Nc1nncs1)c1ccc(NCCOc2ccccc2C(F)(F)F)nc1. The molecule has 0 bridgehead atoms. The Hall–Kier alpha value is -3.21. The predicted molar refractivity (Wildman–Crippen MR) is 97.5 cm³/mol. The van der Waals surface area contributed by atoms with Crippen LogP contribution >= 0.6 is 11.3 Å². The molecule has 0 spiro atoms. The third-order valence-corrected chi connectivity index (χ3v) is 4.07. The van der Waals surface area contributed by atoms with Gasteiger partial charge in [0.25, 0.3) is 5.91 Å². The van der Waals surface area contributed by atoms with Crippen LogP contribution in [0.3, 0.4) is 0 Å². The number of para-hydroxylation sites is 1. The van der Waals surface area contributed by atoms with Crippen molar-refractivity contribution in [2.24, 2.45) is 0 Å². The molecule has 0 aliphatic rings. The first-order valence-corrected chi connectivity index (χ1v) is 8.88. The lowest BCUT2D eigenvalue weighted by molar-refractivity contribution is -0.138. The lowest BCUT2D eigenvalue weighted by Crippen LogP contribution is -2.15. The van der Waals surface area contributed by atoms with E-state index in [2.05, 4.69) is 25.8 Å². The predicted octanol–water partition coefficient (Wildman–Crippen LogP) is 3.70. The summed E-state index contributed by atoms with van der Waals surface area (Å²) in [5, 5.41) is 13.2. The van der Waals surface area contributed by atoms with E-state index in [1.807, 2.05) is 0 Å². The molecule has 2 aromatic heterocycles. The van der Waals surface area contributed by atoms with Gasteiger partial charge in [-0.3, -0.25) is 10.1 Å². The molecule has 0 saturated carbocycles. The van der Waals surface area contributed by atoms with Gasteiger partial charge in [0.15, 0.2) is 0 Å². The second-order valence-electron chi connectivity index (χ2n) is 5.40. The van der Waals surface area contributed by atoms with Gasteiger partial charge in [-0.15, -0.1) is 10.2 Å². The van der Waals surface area contributed by atoms with E-state index in [9.17, 15) is 18.0 Å². The van der Waals surface area contributed by atoms with Crippen molar-refractivity contribution in [3.05, 3.63) is 59.2 Å². The van der Waals surface area contributed by atoms with Crippen LogP contribution in [0.25, 0.3) is 0 Å². The van der Waals surface area contributed by atoms with Crippen LogP contribution in [0, 0.1) is 0 Å². The first kappa shape index (κ1) is 19.5. The van der Waals surface area contributed by atoms with Gasteiger partial charge in [0, 0.05) is 6.20 Å². The summed E-state index contributed by atoms with van der Waals surface area (Å²) in [6, 6.07) is 8.16. The molecule has 3 aromatic rings. The quantitative estimate of drug-likeness (QED) is 0.579. The van der Waals surface area contributed by atoms with Crippen LogP contribution in [0.5, 0.6) is 5.75 Å². The molecule has 146 valence electrons. The van der Waals surface area contributed by atoms with Crippen molar-refractivity contribution in [3.8, 4) is 5.75 Å². The van der Waals surface area contributed by atoms with Crippen LogP contribution in [-0.2, 0) is 6.18 Å². The van der Waals surface area contributed by atoms with Crippen molar-refractivity contribution in [1.82, 2.24) is 15.2 Å². The van der Waals surface area contributed by atoms with Crippen molar-refractivity contribution >= 4 is 28.2 Å². The van der Waals surface area contributed by atoms with Gasteiger partial charge in [0.2, 0.25) is 5.13 Å². The zero-order valence-electron chi connectivity index (χ0n) is 14.2. The highest BCUT2D eigenvalue weighted by Crippen LogP contribution is 2.35. The fourth-order valence-electron chi connectivity index (χ4n) is 2.20. The molecule has 0 radical (unpaired) electrons. The molecule has 2 heterocycles. The molecular weight excluding hydrogens is 395 g/mol. The summed E-state index contributed by atoms with van der Waals surface area (Å²) in [5.41, 5.74) is 1.01. The van der Waals surface area contributed by atoms with Crippen LogP contribution in [0.2, 0.25) is 0 Å². The van der Waals surface area contributed by atoms with Gasteiger partial charge in [0.1, 0.15) is 23.7 Å². The lowest BCUT2D eigenvalue weighted by atomic mass is 10.2. The van der Waals surface area contributed by atoms with E-state index in [1.165, 1.54) is 41.2 Å². The van der Waals surface area contributed by atoms with Crippen molar-refractivity contribution < 1.29 is 22.7 Å². The molecule has 0 aliphatic heterocycles. The minimum Gasteiger partial charge on any atom is -0.491 e. The minimum absolute atomic E-state index is 0.00799. The first-order chi connectivity index (χ1) is 13.4. The van der Waals surface area contributed by atoms with E-state index < -0.39 is 11.7 Å². The highest BCUT2D eigenvalue weighted by atomic mass is 32.1. The van der Waals surface area contributed by atoms with Crippen LogP contribution in [0.15, 0.2) is 48.1 Å². The topological polar surface area (TPSA) is 89.0 Å². The molecule has 2 N–H and O–H groups in total. The van der Waals surface area contributed by atoms with Crippen LogP contribution < -0.4 is 15.4 Å². The largest absolute Gasteiger partial charge is 0.491 e. The Kier molecular flexibility index (Phi) is 6.04. The van der Waals surface area contributed by atoms with Gasteiger partial charge in [-0.05, 0) is 24.3 Å². The monoisotopic (exact) mass is 409 g/mol. The van der Waals surface area contributed by atoms with Crippen molar-refractivity contribution in [2.75, 3.05) is 23.8 Å². The Morgan fingerprint density at radius 1 is 1.18 bits per heavy atom. The summed E-state index contributed by atoms with van der Waals surface area (Å²) < 4.78 is 43.9. The summed E-state index contributed by atoms with van der Waals surface area (Å²) in [7, 11) is 0. The van der Waals surface area contributed by atoms with Crippen molar-refractivity contribution in [2.45, 2.75) is 6.18 Å². The molecule has 0 fully saturated rings. The van der Waals surface area contributed by atoms with E-state index in [1.54, 1.807) is 12.1 Å². The summed E-state index contributed by atoms with van der Waals surface area (Å²) >= 11 is 1.19. The molecule has 1 amide bonds. The van der Waals surface area contributed by atoms with E-state index in [-0.39, 0.29) is 24.8 Å². The molecule has 3 rings (SSSR count). The molecule has 0 atom stereocenters. The Bertz CT molecular complexity index is 917. The maximum atomic E-state index is 12.9. The molecule has 11 heteroatoms. The molecular formula is C17H14F3N5O2S. The molecule has 28 heavy (non-hydrogen) atoms. The fraction of sp³-hybridized carbons (Fsp3) is 0.176. The Balaban J connectivity index is 1.49. The molecule has 0 unspecified atom stereocenters. The van der Waals surface area contributed by atoms with Gasteiger partial charge in [-0.25, -0.2) is 4.98 Å². The summed E-state index contributed by atoms with van der Waals surface area (Å²) in [6.07, 6.45) is -3.10. The molecule has 0 aliphatic carbocycles. The third-order valence-electron chi connectivity index (χ3n) is 3.46. The van der Waals surface area contributed by atoms with E-state index in [4.69, 9.17) is 4.74 Å². The number of hydrogen-bond acceptors (Lipinski definition) is 7. The average Bonchev–Trinajstić information content (AvgIpc) is 3.18. The first-order valence-electron chi connectivity index (χ1n) is 8.00. The fourth-order valence-corrected chi connectivity index (χ4v) is 2.64. The van der Waals surface area contributed by atoms with Gasteiger partial charge in [-0.2, -0.15) is 13.2 Å². The van der Waals surface area contributed by atoms with Crippen LogP contribution in [0.1, 0.15) is 15.9 Å². The number of aromatic nitrogens is 3. The van der Waals surface area contributed by atoms with Gasteiger partial charge >= 0.3 is 6.18 Å². The number of alkyl halides is 3. The number of halogens is 3. The van der Waals surface area contributed by atoms with Crippen LogP contribution in [-0.4, -0.2) is 34.2 Å². The number of carbonyl (C=O) groups excluding carboxylic acids is 1. The number of pyridine rings is 1. The second-order valence-corrected chi connectivity index (χ2v) is 6.23. The van der Waals surface area contributed by atoms with Gasteiger partial charge in [0.05, 0.1) is 17.7 Å². The summed E-state index contributed by atoms with van der Waals surface area (Å²) in [6.45, 7) is 0.240. The number of rotatable bonds is 7. The Morgan fingerprint density at radius 2 is 2.00 bits per heavy atom. The molecule has 1 aromatic carbocycles. The minimum atomic E-state index is -4.48.